The summed E-state index contributed by atoms with van der Waals surface area (Å²) in [6.07, 6.45) is 0. The van der Waals surface area contributed by atoms with E-state index in [2.05, 4.69) is 5.32 Å². The van der Waals surface area contributed by atoms with Gasteiger partial charge in [-0.1, -0.05) is 12.1 Å². The second-order valence-corrected chi connectivity index (χ2v) is 4.46. The summed E-state index contributed by atoms with van der Waals surface area (Å²) >= 11 is 0. The Balaban J connectivity index is 2.40. The zero-order chi connectivity index (χ0) is 13.8. The van der Waals surface area contributed by atoms with E-state index in [0.29, 0.717) is 25.4 Å². The highest BCUT2D eigenvalue weighted by molar-refractivity contribution is 5.84. The summed E-state index contributed by atoms with van der Waals surface area (Å²) in [4.78, 5) is 13.2. The molecule has 104 valence electrons. The van der Waals surface area contributed by atoms with Crippen LogP contribution in [0, 0.1) is 5.82 Å². The molecule has 1 amide bonds. The quantitative estimate of drug-likeness (QED) is 0.820. The van der Waals surface area contributed by atoms with Crippen LogP contribution in [0.2, 0.25) is 0 Å². The van der Waals surface area contributed by atoms with Crippen molar-refractivity contribution in [2.24, 2.45) is 5.73 Å². The Bertz CT molecular complexity index is 467. The molecule has 0 bridgehead atoms. The molecule has 0 radical (unpaired) electrons. The van der Waals surface area contributed by atoms with E-state index >= 15 is 0 Å². The molecule has 0 spiro atoms. The summed E-state index contributed by atoms with van der Waals surface area (Å²) in [6.45, 7) is 1.63. The van der Waals surface area contributed by atoms with Crippen molar-refractivity contribution < 1.29 is 13.9 Å². The standard InChI is InChI=1S/C13H18FN3O2/c1-16-7-9-3-2-4-10(14)12(9)17-5-6-19-8-11(17)13(15)18/h2-4,11,16H,5-8H2,1H3,(H2,15,18). The Morgan fingerprint density at radius 1 is 1.63 bits per heavy atom. The van der Waals surface area contributed by atoms with E-state index in [1.807, 2.05) is 6.07 Å². The largest absolute Gasteiger partial charge is 0.377 e. The van der Waals surface area contributed by atoms with Crippen molar-refractivity contribution in [3.05, 3.63) is 29.6 Å². The van der Waals surface area contributed by atoms with Crippen LogP contribution in [-0.2, 0) is 16.1 Å². The third kappa shape index (κ3) is 2.85. The fourth-order valence-electron chi connectivity index (χ4n) is 2.32. The number of rotatable bonds is 4. The van der Waals surface area contributed by atoms with E-state index in [-0.39, 0.29) is 12.4 Å². The molecule has 2 rings (SSSR count). The molecule has 6 heteroatoms. The van der Waals surface area contributed by atoms with Gasteiger partial charge in [0.15, 0.2) is 0 Å². The summed E-state index contributed by atoms with van der Waals surface area (Å²) in [5.41, 5.74) is 6.61. The maximum atomic E-state index is 14.1. The third-order valence-corrected chi connectivity index (χ3v) is 3.18. The number of morpholine rings is 1. The number of primary amides is 1. The third-order valence-electron chi connectivity index (χ3n) is 3.18. The van der Waals surface area contributed by atoms with Crippen molar-refractivity contribution in [1.29, 1.82) is 0 Å². The number of hydrogen-bond acceptors (Lipinski definition) is 4. The molecule has 1 saturated heterocycles. The molecule has 1 atom stereocenters. The van der Waals surface area contributed by atoms with Crippen LogP contribution in [0.4, 0.5) is 10.1 Å². The van der Waals surface area contributed by atoms with Gasteiger partial charge >= 0.3 is 0 Å². The molecular weight excluding hydrogens is 249 g/mol. The van der Waals surface area contributed by atoms with E-state index in [0.717, 1.165) is 5.56 Å². The molecule has 0 aliphatic carbocycles. The summed E-state index contributed by atoms with van der Waals surface area (Å²) in [7, 11) is 1.79. The van der Waals surface area contributed by atoms with Crippen LogP contribution >= 0.6 is 0 Å². The number of benzene rings is 1. The van der Waals surface area contributed by atoms with Gasteiger partial charge in [0.1, 0.15) is 11.9 Å². The smallest absolute Gasteiger partial charge is 0.242 e. The van der Waals surface area contributed by atoms with Gasteiger partial charge in [0, 0.05) is 13.1 Å². The van der Waals surface area contributed by atoms with Crippen LogP contribution in [0.1, 0.15) is 5.56 Å². The van der Waals surface area contributed by atoms with Gasteiger partial charge in [-0.15, -0.1) is 0 Å². The average Bonchev–Trinajstić information content (AvgIpc) is 2.39. The number of ether oxygens (including phenoxy) is 1. The zero-order valence-electron chi connectivity index (χ0n) is 10.9. The summed E-state index contributed by atoms with van der Waals surface area (Å²) in [5, 5.41) is 2.99. The minimum atomic E-state index is -0.624. The van der Waals surface area contributed by atoms with Crippen molar-refractivity contribution in [2.45, 2.75) is 12.6 Å². The monoisotopic (exact) mass is 267 g/mol. The van der Waals surface area contributed by atoms with E-state index in [9.17, 15) is 9.18 Å². The molecule has 1 fully saturated rings. The molecular formula is C13H18FN3O2. The number of nitrogens with two attached hydrogens (primary N) is 1. The number of amides is 1. The van der Waals surface area contributed by atoms with Gasteiger partial charge in [-0.3, -0.25) is 4.79 Å². The number of anilines is 1. The van der Waals surface area contributed by atoms with E-state index in [4.69, 9.17) is 10.5 Å². The minimum Gasteiger partial charge on any atom is -0.377 e. The van der Waals surface area contributed by atoms with Crippen LogP contribution in [0.15, 0.2) is 18.2 Å². The molecule has 1 aliphatic heterocycles. The van der Waals surface area contributed by atoms with Crippen LogP contribution in [0.25, 0.3) is 0 Å². The predicted molar refractivity (Wildman–Crippen MR) is 70.3 cm³/mol. The lowest BCUT2D eigenvalue weighted by Gasteiger charge is -2.36. The minimum absolute atomic E-state index is 0.197. The van der Waals surface area contributed by atoms with Gasteiger partial charge in [-0.25, -0.2) is 4.39 Å². The number of nitrogens with one attached hydrogen (secondary N) is 1. The lowest BCUT2D eigenvalue weighted by Crippen LogP contribution is -2.53. The summed E-state index contributed by atoms with van der Waals surface area (Å²) in [5.74, 6) is -0.848. The average molecular weight is 267 g/mol. The van der Waals surface area contributed by atoms with Crippen molar-refractivity contribution >= 4 is 11.6 Å². The first kappa shape index (κ1) is 13.8. The lowest BCUT2D eigenvalue weighted by molar-refractivity contribution is -0.121. The lowest BCUT2D eigenvalue weighted by atomic mass is 10.1. The first-order valence-electron chi connectivity index (χ1n) is 6.21. The SMILES string of the molecule is CNCc1cccc(F)c1N1CCOCC1C(N)=O. The van der Waals surface area contributed by atoms with E-state index in [1.165, 1.54) is 6.07 Å². The summed E-state index contributed by atoms with van der Waals surface area (Å²) < 4.78 is 19.4. The molecule has 1 aromatic rings. The highest BCUT2D eigenvalue weighted by Crippen LogP contribution is 2.27. The van der Waals surface area contributed by atoms with Crippen LogP contribution < -0.4 is 16.0 Å². The highest BCUT2D eigenvalue weighted by Gasteiger charge is 2.30. The zero-order valence-corrected chi connectivity index (χ0v) is 10.9. The van der Waals surface area contributed by atoms with E-state index < -0.39 is 11.9 Å². The molecule has 1 heterocycles. The van der Waals surface area contributed by atoms with Crippen LogP contribution in [-0.4, -0.2) is 38.8 Å². The number of carbonyl (C=O) groups excluding carboxylic acids is 1. The Morgan fingerprint density at radius 3 is 3.11 bits per heavy atom. The molecule has 1 aromatic carbocycles. The number of para-hydroxylation sites is 1. The highest BCUT2D eigenvalue weighted by atomic mass is 19.1. The van der Waals surface area contributed by atoms with Gasteiger partial charge in [-0.05, 0) is 18.7 Å². The first-order valence-corrected chi connectivity index (χ1v) is 6.21. The van der Waals surface area contributed by atoms with Gasteiger partial charge < -0.3 is 20.7 Å². The fraction of sp³-hybridized carbons (Fsp3) is 0.462. The Labute approximate surface area is 111 Å². The van der Waals surface area contributed by atoms with Crippen molar-refractivity contribution in [3.8, 4) is 0 Å². The fourth-order valence-corrected chi connectivity index (χ4v) is 2.32. The summed E-state index contributed by atoms with van der Waals surface area (Å²) in [6, 6.07) is 4.26. The topological polar surface area (TPSA) is 67.6 Å². The first-order chi connectivity index (χ1) is 9.15. The molecule has 5 nitrogen and oxygen atoms in total. The van der Waals surface area contributed by atoms with Crippen molar-refractivity contribution in [2.75, 3.05) is 31.7 Å². The number of halogens is 1. The van der Waals surface area contributed by atoms with Crippen LogP contribution in [0.3, 0.4) is 0 Å². The van der Waals surface area contributed by atoms with Crippen LogP contribution in [0.5, 0.6) is 0 Å². The molecule has 1 aliphatic rings. The Kier molecular flexibility index (Phi) is 4.34. The Hall–Kier alpha value is -1.66. The number of carbonyl (C=O) groups is 1. The maximum absolute atomic E-state index is 14.1. The molecule has 1 unspecified atom stereocenters. The van der Waals surface area contributed by atoms with Gasteiger partial charge in [-0.2, -0.15) is 0 Å². The van der Waals surface area contributed by atoms with Gasteiger partial charge in [0.25, 0.3) is 0 Å². The maximum Gasteiger partial charge on any atom is 0.242 e. The molecule has 3 N–H and O–H groups in total. The molecule has 0 saturated carbocycles. The van der Waals surface area contributed by atoms with Gasteiger partial charge in [0.2, 0.25) is 5.91 Å². The molecule has 0 aromatic heterocycles. The van der Waals surface area contributed by atoms with Crippen molar-refractivity contribution in [1.82, 2.24) is 5.32 Å². The normalized spacial score (nSPS) is 19.5. The van der Waals surface area contributed by atoms with E-state index in [1.54, 1.807) is 18.0 Å². The van der Waals surface area contributed by atoms with Crippen molar-refractivity contribution in [3.63, 3.8) is 0 Å². The van der Waals surface area contributed by atoms with Gasteiger partial charge in [0.05, 0.1) is 18.9 Å². The second-order valence-electron chi connectivity index (χ2n) is 4.46. The predicted octanol–water partition coefficient (Wildman–Crippen LogP) is 0.236. The molecule has 19 heavy (non-hydrogen) atoms. The number of nitrogens with zero attached hydrogens (tertiary/aromatic N) is 1. The number of hydrogen-bond donors (Lipinski definition) is 2. The Morgan fingerprint density at radius 2 is 2.42 bits per heavy atom. The second kappa shape index (κ2) is 5.99.